The molecule has 0 saturated heterocycles. The van der Waals surface area contributed by atoms with Gasteiger partial charge in [0.1, 0.15) is 19.3 Å². The van der Waals surface area contributed by atoms with Crippen LogP contribution in [0.2, 0.25) is 0 Å². The first-order valence-corrected chi connectivity index (χ1v) is 39.4. The Labute approximate surface area is 548 Å². The summed E-state index contributed by atoms with van der Waals surface area (Å²) in [6.07, 6.45) is 50.6. The van der Waals surface area contributed by atoms with Crippen LogP contribution in [0.25, 0.3) is 0 Å². The maximum absolute atomic E-state index is 13.0. The number of unbranched alkanes of at least 4 members (excludes halogenated alkanes) is 33. The van der Waals surface area contributed by atoms with Gasteiger partial charge in [0, 0.05) is 25.7 Å². The summed E-state index contributed by atoms with van der Waals surface area (Å²) in [5.74, 6) is -0.612. The molecule has 7 atom stereocenters. The SMILES string of the molecule is CCCCCC/C=C\C=C/CCCCCCCC(=O)O[C@H](COC(=O)CCCCCCCCCCC(C)CC)COP(=O)(O)OC[C@@H](O)COP(=O)(O)OC[C@@H](COC(=O)CCCCCCCCCCCCC)OC(=O)CCCCCCCCCCC(C)CC. The van der Waals surface area contributed by atoms with Gasteiger partial charge in [-0.05, 0) is 63.2 Å². The Morgan fingerprint density at radius 1 is 0.356 bits per heavy atom. The van der Waals surface area contributed by atoms with E-state index >= 15 is 0 Å². The van der Waals surface area contributed by atoms with Crippen LogP contribution in [0.15, 0.2) is 24.3 Å². The molecule has 0 fully saturated rings. The van der Waals surface area contributed by atoms with Crippen molar-refractivity contribution < 1.29 is 80.2 Å². The number of carbonyl (C=O) groups is 4. The fraction of sp³-hybridized carbons (Fsp3) is 0.887. The number of aliphatic hydroxyl groups is 1. The zero-order valence-electron chi connectivity index (χ0n) is 57.9. The second kappa shape index (κ2) is 62.6. The van der Waals surface area contributed by atoms with Crippen molar-refractivity contribution in [3.8, 4) is 0 Å². The molecule has 0 aromatic rings. The van der Waals surface area contributed by atoms with E-state index in [2.05, 4.69) is 65.8 Å². The maximum Gasteiger partial charge on any atom is 0.472 e. The molecular formula is C71H134O17P2. The molecule has 17 nitrogen and oxygen atoms in total. The zero-order valence-corrected chi connectivity index (χ0v) is 59.7. The van der Waals surface area contributed by atoms with Crippen molar-refractivity contribution in [2.75, 3.05) is 39.6 Å². The summed E-state index contributed by atoms with van der Waals surface area (Å²) in [7, 11) is -9.92. The number of rotatable bonds is 68. The summed E-state index contributed by atoms with van der Waals surface area (Å²) >= 11 is 0. The van der Waals surface area contributed by atoms with E-state index in [4.69, 9.17) is 37.0 Å². The Morgan fingerprint density at radius 2 is 0.622 bits per heavy atom. The van der Waals surface area contributed by atoms with E-state index in [-0.39, 0.29) is 25.7 Å². The molecule has 3 N–H and O–H groups in total. The van der Waals surface area contributed by atoms with Gasteiger partial charge in [0.05, 0.1) is 26.4 Å². The van der Waals surface area contributed by atoms with E-state index < -0.39 is 97.5 Å². The molecule has 0 aromatic heterocycles. The molecule has 0 saturated carbocycles. The van der Waals surface area contributed by atoms with Gasteiger partial charge in [-0.2, -0.15) is 0 Å². The lowest BCUT2D eigenvalue weighted by molar-refractivity contribution is -0.161. The van der Waals surface area contributed by atoms with Crippen LogP contribution in [-0.4, -0.2) is 96.7 Å². The second-order valence-corrected chi connectivity index (χ2v) is 28.3. The van der Waals surface area contributed by atoms with Crippen molar-refractivity contribution in [2.45, 2.75) is 355 Å². The van der Waals surface area contributed by atoms with Crippen molar-refractivity contribution >= 4 is 39.5 Å². The molecule has 0 heterocycles. The van der Waals surface area contributed by atoms with E-state index in [1.165, 1.54) is 141 Å². The monoisotopic (exact) mass is 1320 g/mol. The lowest BCUT2D eigenvalue weighted by Gasteiger charge is -2.21. The van der Waals surface area contributed by atoms with E-state index in [9.17, 15) is 43.2 Å². The smallest absolute Gasteiger partial charge is 0.462 e. The van der Waals surface area contributed by atoms with Crippen molar-refractivity contribution in [1.82, 2.24) is 0 Å². The molecule has 0 radical (unpaired) electrons. The molecule has 0 rings (SSSR count). The summed E-state index contributed by atoms with van der Waals surface area (Å²) < 4.78 is 68.3. The fourth-order valence-electron chi connectivity index (χ4n) is 10.2. The number of carbonyl (C=O) groups excluding carboxylic acids is 4. The van der Waals surface area contributed by atoms with Gasteiger partial charge in [-0.25, -0.2) is 9.13 Å². The highest BCUT2D eigenvalue weighted by molar-refractivity contribution is 7.47. The topological polar surface area (TPSA) is 237 Å². The Bertz CT molecular complexity index is 1850. The number of aliphatic hydroxyl groups excluding tert-OH is 1. The van der Waals surface area contributed by atoms with Crippen LogP contribution >= 0.6 is 15.6 Å². The lowest BCUT2D eigenvalue weighted by atomic mass is 9.99. The van der Waals surface area contributed by atoms with Gasteiger partial charge in [0.15, 0.2) is 12.2 Å². The maximum atomic E-state index is 13.0. The van der Waals surface area contributed by atoms with Crippen molar-refractivity contribution in [3.63, 3.8) is 0 Å². The Kier molecular flexibility index (Phi) is 60.9. The predicted octanol–water partition coefficient (Wildman–Crippen LogP) is 19.9. The van der Waals surface area contributed by atoms with E-state index in [1.807, 2.05) is 0 Å². The lowest BCUT2D eigenvalue weighted by Crippen LogP contribution is -2.30. The Morgan fingerprint density at radius 3 is 0.944 bits per heavy atom. The van der Waals surface area contributed by atoms with Crippen molar-refractivity contribution in [2.24, 2.45) is 11.8 Å². The molecule has 0 amide bonds. The van der Waals surface area contributed by atoms with Crippen LogP contribution in [0.4, 0.5) is 0 Å². The molecule has 0 aromatic carbocycles. The molecule has 0 spiro atoms. The number of hydrogen-bond acceptors (Lipinski definition) is 15. The molecular weight excluding hydrogens is 1190 g/mol. The quantitative estimate of drug-likeness (QED) is 0.0169. The summed E-state index contributed by atoms with van der Waals surface area (Å²) in [6.45, 7) is 9.48. The molecule has 0 aliphatic rings. The highest BCUT2D eigenvalue weighted by Gasteiger charge is 2.30. The average Bonchev–Trinajstić information content (AvgIpc) is 3.73. The summed E-state index contributed by atoms with van der Waals surface area (Å²) in [4.78, 5) is 72.6. The van der Waals surface area contributed by atoms with Crippen LogP contribution in [0.1, 0.15) is 337 Å². The molecule has 0 aliphatic heterocycles. The number of phosphoric ester groups is 2. The normalized spacial score (nSPS) is 14.9. The minimum Gasteiger partial charge on any atom is -0.462 e. The molecule has 530 valence electrons. The highest BCUT2D eigenvalue weighted by atomic mass is 31.2. The van der Waals surface area contributed by atoms with Gasteiger partial charge >= 0.3 is 39.5 Å². The number of esters is 4. The summed E-state index contributed by atoms with van der Waals surface area (Å²) in [5.41, 5.74) is 0. The third-order valence-corrected chi connectivity index (χ3v) is 18.5. The van der Waals surface area contributed by atoms with Gasteiger partial charge < -0.3 is 33.8 Å². The number of phosphoric acid groups is 2. The van der Waals surface area contributed by atoms with Crippen LogP contribution in [0, 0.1) is 11.8 Å². The van der Waals surface area contributed by atoms with Crippen molar-refractivity contribution in [1.29, 1.82) is 0 Å². The van der Waals surface area contributed by atoms with E-state index in [1.54, 1.807) is 0 Å². The van der Waals surface area contributed by atoms with Gasteiger partial charge in [-0.1, -0.05) is 284 Å². The average molecular weight is 1320 g/mol. The van der Waals surface area contributed by atoms with E-state index in [0.29, 0.717) is 25.7 Å². The first-order valence-electron chi connectivity index (χ1n) is 36.4. The number of allylic oxidation sites excluding steroid dienone is 4. The molecule has 4 unspecified atom stereocenters. The molecule has 90 heavy (non-hydrogen) atoms. The summed E-state index contributed by atoms with van der Waals surface area (Å²) in [5, 5.41) is 10.6. The van der Waals surface area contributed by atoms with Crippen molar-refractivity contribution in [3.05, 3.63) is 24.3 Å². The second-order valence-electron chi connectivity index (χ2n) is 25.4. The summed E-state index contributed by atoms with van der Waals surface area (Å²) in [6, 6.07) is 0. The Hall–Kier alpha value is -2.46. The number of ether oxygens (including phenoxy) is 4. The third kappa shape index (κ3) is 61.7. The standard InChI is InChI=1S/C71H134O17P2/c1-7-11-13-15-17-19-21-22-23-24-26-28-37-43-49-55-70(75)87-66(60-82-69(74)54-48-42-36-31-29-33-39-45-51-63(5)9-3)61-85-89(77,78)83-57-65(72)58-84-90(79,80)86-62-67(59-81-68(73)53-47-41-35-27-25-20-18-16-14-12-8-2)88-71(76)56-50-44-38-32-30-34-40-46-52-64(6)10-4/h19,21-23,63-67,72H,7-18,20,24-62H2,1-6H3,(H,77,78)(H,79,80)/b21-19-,23-22-/t63?,64?,65-,66-,67-/m1/s1. The first kappa shape index (κ1) is 87.5. The first-order chi connectivity index (χ1) is 43.4. The Balaban J connectivity index is 5.31. The fourth-order valence-corrected chi connectivity index (χ4v) is 11.7. The van der Waals surface area contributed by atoms with Gasteiger partial charge in [-0.3, -0.25) is 37.3 Å². The van der Waals surface area contributed by atoms with Gasteiger partial charge in [-0.15, -0.1) is 0 Å². The van der Waals surface area contributed by atoms with Gasteiger partial charge in [0.2, 0.25) is 0 Å². The third-order valence-electron chi connectivity index (χ3n) is 16.6. The van der Waals surface area contributed by atoms with E-state index in [0.717, 1.165) is 115 Å². The largest absolute Gasteiger partial charge is 0.472 e. The molecule has 0 aliphatic carbocycles. The minimum absolute atomic E-state index is 0.0844. The minimum atomic E-state index is -4.96. The highest BCUT2D eigenvalue weighted by Crippen LogP contribution is 2.45. The molecule has 19 heteroatoms. The number of hydrogen-bond donors (Lipinski definition) is 3. The van der Waals surface area contributed by atoms with Crippen LogP contribution in [0.5, 0.6) is 0 Å². The van der Waals surface area contributed by atoms with Crippen LogP contribution < -0.4 is 0 Å². The predicted molar refractivity (Wildman–Crippen MR) is 363 cm³/mol. The van der Waals surface area contributed by atoms with Crippen LogP contribution in [-0.2, 0) is 65.4 Å². The van der Waals surface area contributed by atoms with Gasteiger partial charge in [0.25, 0.3) is 0 Å². The molecule has 0 bridgehead atoms. The zero-order chi connectivity index (χ0) is 66.5. The van der Waals surface area contributed by atoms with Crippen LogP contribution in [0.3, 0.4) is 0 Å².